The highest BCUT2D eigenvalue weighted by Crippen LogP contribution is 2.35. The van der Waals surface area contributed by atoms with Gasteiger partial charge in [0, 0.05) is 18.7 Å². The maximum atomic E-state index is 12.8. The highest BCUT2D eigenvalue weighted by molar-refractivity contribution is 5.85. The van der Waals surface area contributed by atoms with Gasteiger partial charge in [-0.1, -0.05) is 18.2 Å². The van der Waals surface area contributed by atoms with Crippen molar-refractivity contribution < 1.29 is 9.53 Å². The number of para-hydroxylation sites is 1. The largest absolute Gasteiger partial charge is 0.493 e. The van der Waals surface area contributed by atoms with Crippen molar-refractivity contribution in [1.29, 1.82) is 0 Å². The molecule has 21 heavy (non-hydrogen) atoms. The third-order valence-electron chi connectivity index (χ3n) is 4.68. The van der Waals surface area contributed by atoms with Gasteiger partial charge in [-0.15, -0.1) is 0 Å². The van der Waals surface area contributed by atoms with E-state index in [1.807, 2.05) is 31.3 Å². The molecule has 4 nitrogen and oxygen atoms in total. The molecule has 1 amide bonds. The Morgan fingerprint density at radius 2 is 2.05 bits per heavy atom. The number of carbonyl (C=O) groups is 1. The van der Waals surface area contributed by atoms with Crippen molar-refractivity contribution >= 4 is 5.91 Å². The molecule has 0 bridgehead atoms. The molecule has 1 aromatic carbocycles. The van der Waals surface area contributed by atoms with Crippen LogP contribution < -0.4 is 10.1 Å². The van der Waals surface area contributed by atoms with Gasteiger partial charge in [0.25, 0.3) is 0 Å². The Morgan fingerprint density at radius 1 is 1.29 bits per heavy atom. The zero-order valence-corrected chi connectivity index (χ0v) is 12.7. The first-order chi connectivity index (χ1) is 10.3. The predicted octanol–water partition coefficient (Wildman–Crippen LogP) is 2.01. The molecule has 1 aromatic rings. The smallest absolute Gasteiger partial charge is 0.230 e. The highest BCUT2D eigenvalue weighted by atomic mass is 16.5. The lowest BCUT2D eigenvalue weighted by Crippen LogP contribution is -2.43. The first-order valence-electron chi connectivity index (χ1n) is 7.94. The topological polar surface area (TPSA) is 41.6 Å². The molecule has 1 unspecified atom stereocenters. The molecular weight excluding hydrogens is 264 g/mol. The molecule has 4 heteroatoms. The van der Waals surface area contributed by atoms with Crippen LogP contribution in [0.5, 0.6) is 5.75 Å². The fourth-order valence-electron chi connectivity index (χ4n) is 3.47. The Kier molecular flexibility index (Phi) is 4.44. The lowest BCUT2D eigenvalue weighted by atomic mass is 9.90. The molecule has 2 aliphatic rings. The Hall–Kier alpha value is -1.55. The van der Waals surface area contributed by atoms with Crippen LogP contribution in [-0.4, -0.2) is 44.1 Å². The van der Waals surface area contributed by atoms with Crippen LogP contribution in [0.25, 0.3) is 0 Å². The van der Waals surface area contributed by atoms with Gasteiger partial charge >= 0.3 is 0 Å². The summed E-state index contributed by atoms with van der Waals surface area (Å²) in [6, 6.07) is 7.96. The monoisotopic (exact) mass is 288 g/mol. The van der Waals surface area contributed by atoms with E-state index in [4.69, 9.17) is 4.74 Å². The number of benzene rings is 1. The number of ether oxygens (including phenoxy) is 1. The number of likely N-dealkylation sites (tertiary alicyclic amines) is 1. The van der Waals surface area contributed by atoms with Gasteiger partial charge in [-0.25, -0.2) is 0 Å². The van der Waals surface area contributed by atoms with Crippen molar-refractivity contribution in [2.24, 2.45) is 5.92 Å². The van der Waals surface area contributed by atoms with Crippen LogP contribution in [0.15, 0.2) is 24.3 Å². The highest BCUT2D eigenvalue weighted by Gasteiger charge is 2.32. The fraction of sp³-hybridized carbons (Fsp3) is 0.588. The number of fused-ring (bicyclic) bond motifs is 1. The van der Waals surface area contributed by atoms with E-state index in [9.17, 15) is 4.79 Å². The van der Waals surface area contributed by atoms with Crippen molar-refractivity contribution in [3.63, 3.8) is 0 Å². The molecule has 2 heterocycles. The maximum Gasteiger partial charge on any atom is 0.230 e. The van der Waals surface area contributed by atoms with E-state index in [1.54, 1.807) is 0 Å². The van der Waals surface area contributed by atoms with Crippen LogP contribution in [0.1, 0.15) is 30.7 Å². The summed E-state index contributed by atoms with van der Waals surface area (Å²) in [5.41, 5.74) is 1.06. The number of rotatable bonds is 3. The van der Waals surface area contributed by atoms with E-state index < -0.39 is 0 Å². The van der Waals surface area contributed by atoms with E-state index in [0.29, 0.717) is 12.5 Å². The first kappa shape index (κ1) is 14.4. The van der Waals surface area contributed by atoms with Gasteiger partial charge in [-0.05, 0) is 44.8 Å². The lowest BCUT2D eigenvalue weighted by Gasteiger charge is -2.35. The van der Waals surface area contributed by atoms with E-state index in [1.165, 1.54) is 0 Å². The maximum absolute atomic E-state index is 12.8. The summed E-state index contributed by atoms with van der Waals surface area (Å²) in [7, 11) is 2.00. The second-order valence-electron chi connectivity index (χ2n) is 6.05. The minimum atomic E-state index is -0.0178. The van der Waals surface area contributed by atoms with Crippen LogP contribution in [-0.2, 0) is 4.79 Å². The summed E-state index contributed by atoms with van der Waals surface area (Å²) in [4.78, 5) is 14.9. The van der Waals surface area contributed by atoms with Crippen LogP contribution in [0.3, 0.4) is 0 Å². The molecule has 0 aliphatic carbocycles. The normalized spacial score (nSPS) is 22.5. The first-order valence-corrected chi connectivity index (χ1v) is 7.94. The molecule has 1 saturated heterocycles. The summed E-state index contributed by atoms with van der Waals surface area (Å²) >= 11 is 0. The molecule has 0 saturated carbocycles. The Bertz CT molecular complexity index is 495. The second kappa shape index (κ2) is 6.48. The number of nitrogens with one attached hydrogen (secondary N) is 1. The number of amides is 1. The van der Waals surface area contributed by atoms with Crippen LogP contribution in [0.2, 0.25) is 0 Å². The number of nitrogens with zero attached hydrogens (tertiary/aromatic N) is 1. The molecule has 2 aliphatic heterocycles. The molecule has 1 fully saturated rings. The third kappa shape index (κ3) is 3.05. The molecule has 3 rings (SSSR count). The molecule has 114 valence electrons. The van der Waals surface area contributed by atoms with Crippen molar-refractivity contribution in [3.8, 4) is 5.75 Å². The van der Waals surface area contributed by atoms with E-state index in [-0.39, 0.29) is 11.8 Å². The minimum absolute atomic E-state index is 0.0178. The quantitative estimate of drug-likeness (QED) is 0.925. The fourth-order valence-corrected chi connectivity index (χ4v) is 3.47. The summed E-state index contributed by atoms with van der Waals surface area (Å²) in [6.07, 6.45) is 3.02. The SMILES string of the molecule is CNCC1CCN(C(=O)C2CCOc3ccccc32)CC1. The van der Waals surface area contributed by atoms with Crippen molar-refractivity contribution in [2.75, 3.05) is 33.3 Å². The lowest BCUT2D eigenvalue weighted by molar-refractivity contribution is -0.134. The van der Waals surface area contributed by atoms with Crippen molar-refractivity contribution in [2.45, 2.75) is 25.2 Å². The number of hydrogen-bond acceptors (Lipinski definition) is 3. The van der Waals surface area contributed by atoms with Crippen molar-refractivity contribution in [3.05, 3.63) is 29.8 Å². The van der Waals surface area contributed by atoms with Crippen LogP contribution >= 0.6 is 0 Å². The summed E-state index contributed by atoms with van der Waals surface area (Å²) in [5, 5.41) is 3.24. The van der Waals surface area contributed by atoms with E-state index in [0.717, 1.165) is 50.2 Å². The van der Waals surface area contributed by atoms with Crippen LogP contribution in [0.4, 0.5) is 0 Å². The minimum Gasteiger partial charge on any atom is -0.493 e. The molecular formula is C17H24N2O2. The van der Waals surface area contributed by atoms with Gasteiger partial charge in [0.15, 0.2) is 0 Å². The zero-order chi connectivity index (χ0) is 14.7. The van der Waals surface area contributed by atoms with E-state index in [2.05, 4.69) is 10.2 Å². The number of carbonyl (C=O) groups excluding carboxylic acids is 1. The van der Waals surface area contributed by atoms with Gasteiger partial charge in [-0.2, -0.15) is 0 Å². The summed E-state index contributed by atoms with van der Waals surface area (Å²) in [5.74, 6) is 1.86. The van der Waals surface area contributed by atoms with Crippen molar-refractivity contribution in [1.82, 2.24) is 10.2 Å². The van der Waals surface area contributed by atoms with Gasteiger partial charge in [0.2, 0.25) is 5.91 Å². The Balaban J connectivity index is 1.67. The summed E-state index contributed by atoms with van der Waals surface area (Å²) in [6.45, 7) is 3.49. The molecule has 1 N–H and O–H groups in total. The van der Waals surface area contributed by atoms with Gasteiger partial charge in [0.05, 0.1) is 12.5 Å². The number of piperidine rings is 1. The second-order valence-corrected chi connectivity index (χ2v) is 6.05. The van der Waals surface area contributed by atoms with Gasteiger partial charge in [0.1, 0.15) is 5.75 Å². The van der Waals surface area contributed by atoms with Gasteiger partial charge < -0.3 is 15.0 Å². The van der Waals surface area contributed by atoms with Gasteiger partial charge in [-0.3, -0.25) is 4.79 Å². The Morgan fingerprint density at radius 3 is 2.81 bits per heavy atom. The molecule has 0 radical (unpaired) electrons. The molecule has 1 atom stereocenters. The Labute approximate surface area is 126 Å². The predicted molar refractivity (Wildman–Crippen MR) is 82.5 cm³/mol. The molecule has 0 spiro atoms. The van der Waals surface area contributed by atoms with Crippen LogP contribution in [0, 0.1) is 5.92 Å². The average molecular weight is 288 g/mol. The van der Waals surface area contributed by atoms with E-state index >= 15 is 0 Å². The third-order valence-corrected chi connectivity index (χ3v) is 4.68. The number of hydrogen-bond donors (Lipinski definition) is 1. The standard InChI is InChI=1S/C17H24N2O2/c1-18-12-13-6-9-19(10-7-13)17(20)15-8-11-21-16-5-3-2-4-14(15)16/h2-5,13,15,18H,6-12H2,1H3. The molecule has 0 aromatic heterocycles. The summed E-state index contributed by atoms with van der Waals surface area (Å²) < 4.78 is 5.66. The zero-order valence-electron chi connectivity index (χ0n) is 12.7. The average Bonchev–Trinajstić information content (AvgIpc) is 2.55.